The van der Waals surface area contributed by atoms with Crippen LogP contribution in [0.15, 0.2) is 59.8 Å². The predicted octanol–water partition coefficient (Wildman–Crippen LogP) is 4.81. The zero-order valence-corrected chi connectivity index (χ0v) is 17.9. The Morgan fingerprint density at radius 1 is 1.07 bits per heavy atom. The summed E-state index contributed by atoms with van der Waals surface area (Å²) in [6.07, 6.45) is 4.68. The SMILES string of the molecule is Cc1ccc(C(NC(=O)CSc2nnc(C3CC3)n2-c2ccccc2)C2CC2)cc1. The fourth-order valence-electron chi connectivity index (χ4n) is 3.82. The van der Waals surface area contributed by atoms with E-state index < -0.39 is 0 Å². The van der Waals surface area contributed by atoms with E-state index in [0.29, 0.717) is 17.6 Å². The monoisotopic (exact) mass is 418 g/mol. The Morgan fingerprint density at radius 3 is 2.47 bits per heavy atom. The number of hydrogen-bond donors (Lipinski definition) is 1. The van der Waals surface area contributed by atoms with E-state index in [1.54, 1.807) is 0 Å². The molecule has 3 aromatic rings. The second kappa shape index (κ2) is 8.26. The molecular weight excluding hydrogens is 392 g/mol. The van der Waals surface area contributed by atoms with Gasteiger partial charge in [-0.1, -0.05) is 59.8 Å². The van der Waals surface area contributed by atoms with Crippen molar-refractivity contribution in [3.8, 4) is 5.69 Å². The standard InChI is InChI=1S/C24H26N4OS/c1-16-7-9-17(10-8-16)22(18-11-12-18)25-21(29)15-30-24-27-26-23(19-13-14-19)28(24)20-5-3-2-4-6-20/h2-10,18-19,22H,11-15H2,1H3,(H,25,29). The number of benzene rings is 2. The van der Waals surface area contributed by atoms with Crippen LogP contribution in [0.1, 0.15) is 54.6 Å². The minimum Gasteiger partial charge on any atom is -0.348 e. The van der Waals surface area contributed by atoms with E-state index in [-0.39, 0.29) is 11.9 Å². The number of nitrogens with zero attached hydrogens (tertiary/aromatic N) is 3. The summed E-state index contributed by atoms with van der Waals surface area (Å²) in [5.41, 5.74) is 3.50. The lowest BCUT2D eigenvalue weighted by atomic mass is 10.0. The fraction of sp³-hybridized carbons (Fsp3) is 0.375. The van der Waals surface area contributed by atoms with Gasteiger partial charge in [0.05, 0.1) is 11.8 Å². The maximum Gasteiger partial charge on any atom is 0.230 e. The smallest absolute Gasteiger partial charge is 0.230 e. The quantitative estimate of drug-likeness (QED) is 0.533. The van der Waals surface area contributed by atoms with Gasteiger partial charge in [0.15, 0.2) is 5.16 Å². The zero-order chi connectivity index (χ0) is 20.5. The van der Waals surface area contributed by atoms with Crippen molar-refractivity contribution in [1.29, 1.82) is 0 Å². The second-order valence-electron chi connectivity index (χ2n) is 8.37. The first kappa shape index (κ1) is 19.4. The third-order valence-corrected chi connectivity index (χ3v) is 6.72. The molecule has 6 heteroatoms. The summed E-state index contributed by atoms with van der Waals surface area (Å²) in [5, 5.41) is 12.9. The third-order valence-electron chi connectivity index (χ3n) is 5.79. The number of amides is 1. The van der Waals surface area contributed by atoms with Gasteiger partial charge in [0.2, 0.25) is 5.91 Å². The van der Waals surface area contributed by atoms with Gasteiger partial charge in [0.1, 0.15) is 5.82 Å². The molecule has 1 N–H and O–H groups in total. The van der Waals surface area contributed by atoms with Crippen LogP contribution in [0.2, 0.25) is 0 Å². The number of hydrogen-bond acceptors (Lipinski definition) is 4. The second-order valence-corrected chi connectivity index (χ2v) is 9.31. The Balaban J connectivity index is 1.29. The lowest BCUT2D eigenvalue weighted by Crippen LogP contribution is -2.31. The molecule has 154 valence electrons. The maximum absolute atomic E-state index is 12.8. The summed E-state index contributed by atoms with van der Waals surface area (Å²) in [5.74, 6) is 2.44. The Bertz CT molecular complexity index is 1020. The van der Waals surface area contributed by atoms with Crippen molar-refractivity contribution in [3.05, 3.63) is 71.5 Å². The molecule has 0 radical (unpaired) electrons. The molecule has 1 heterocycles. The van der Waals surface area contributed by atoms with Crippen LogP contribution in [0.25, 0.3) is 5.69 Å². The Kier molecular flexibility index (Phi) is 5.34. The van der Waals surface area contributed by atoms with E-state index >= 15 is 0 Å². The van der Waals surface area contributed by atoms with E-state index in [2.05, 4.69) is 63.4 Å². The van der Waals surface area contributed by atoms with Crippen molar-refractivity contribution in [3.63, 3.8) is 0 Å². The molecule has 0 bridgehead atoms. The molecule has 1 aromatic heterocycles. The van der Waals surface area contributed by atoms with E-state index in [1.807, 2.05) is 18.2 Å². The lowest BCUT2D eigenvalue weighted by molar-refractivity contribution is -0.119. The van der Waals surface area contributed by atoms with Crippen LogP contribution >= 0.6 is 11.8 Å². The number of para-hydroxylation sites is 1. The molecule has 5 rings (SSSR count). The highest BCUT2D eigenvalue weighted by atomic mass is 32.2. The van der Waals surface area contributed by atoms with Gasteiger partial charge in [-0.2, -0.15) is 0 Å². The molecule has 0 spiro atoms. The van der Waals surface area contributed by atoms with Crippen molar-refractivity contribution in [2.45, 2.75) is 49.7 Å². The van der Waals surface area contributed by atoms with E-state index in [4.69, 9.17) is 0 Å². The molecule has 1 atom stereocenters. The van der Waals surface area contributed by atoms with Crippen molar-refractivity contribution in [2.75, 3.05) is 5.75 Å². The van der Waals surface area contributed by atoms with E-state index in [1.165, 1.54) is 35.7 Å². The Labute approximate surface area is 181 Å². The van der Waals surface area contributed by atoms with Crippen molar-refractivity contribution >= 4 is 17.7 Å². The van der Waals surface area contributed by atoms with Gasteiger partial charge >= 0.3 is 0 Å². The first-order chi connectivity index (χ1) is 14.7. The van der Waals surface area contributed by atoms with Crippen molar-refractivity contribution in [2.24, 2.45) is 5.92 Å². The topological polar surface area (TPSA) is 59.8 Å². The minimum absolute atomic E-state index is 0.0491. The van der Waals surface area contributed by atoms with Gasteiger partial charge in [0, 0.05) is 11.6 Å². The molecule has 2 saturated carbocycles. The van der Waals surface area contributed by atoms with Crippen LogP contribution < -0.4 is 5.32 Å². The molecule has 2 aromatic carbocycles. The summed E-state index contributed by atoms with van der Waals surface area (Å²) in [6.45, 7) is 2.09. The van der Waals surface area contributed by atoms with Gasteiger partial charge in [-0.15, -0.1) is 10.2 Å². The molecular formula is C24H26N4OS. The first-order valence-corrected chi connectivity index (χ1v) is 11.7. The van der Waals surface area contributed by atoms with E-state index in [9.17, 15) is 4.79 Å². The molecule has 5 nitrogen and oxygen atoms in total. The molecule has 2 aliphatic carbocycles. The highest BCUT2D eigenvalue weighted by Gasteiger charge is 2.34. The first-order valence-electron chi connectivity index (χ1n) is 10.7. The maximum atomic E-state index is 12.8. The number of thioether (sulfide) groups is 1. The normalized spacial score (nSPS) is 17.0. The van der Waals surface area contributed by atoms with Crippen molar-refractivity contribution < 1.29 is 4.79 Å². The summed E-state index contributed by atoms with van der Waals surface area (Å²) >= 11 is 1.47. The molecule has 1 amide bonds. The number of aryl methyl sites for hydroxylation is 1. The molecule has 1 unspecified atom stereocenters. The predicted molar refractivity (Wildman–Crippen MR) is 119 cm³/mol. The van der Waals surface area contributed by atoms with Crippen LogP contribution in [0.5, 0.6) is 0 Å². The largest absolute Gasteiger partial charge is 0.348 e. The molecule has 30 heavy (non-hydrogen) atoms. The highest BCUT2D eigenvalue weighted by molar-refractivity contribution is 7.99. The van der Waals surface area contributed by atoms with Gasteiger partial charge in [0.25, 0.3) is 0 Å². The van der Waals surface area contributed by atoms with Crippen LogP contribution in [-0.2, 0) is 4.79 Å². The summed E-state index contributed by atoms with van der Waals surface area (Å²) in [7, 11) is 0. The average Bonchev–Trinajstić information content (AvgIpc) is 3.70. The third kappa shape index (κ3) is 4.29. The highest BCUT2D eigenvalue weighted by Crippen LogP contribution is 2.42. The Morgan fingerprint density at radius 2 is 1.80 bits per heavy atom. The van der Waals surface area contributed by atoms with Gasteiger partial charge in [-0.05, 0) is 56.2 Å². The zero-order valence-electron chi connectivity index (χ0n) is 17.1. The van der Waals surface area contributed by atoms with Gasteiger partial charge < -0.3 is 5.32 Å². The molecule has 2 fully saturated rings. The number of nitrogens with one attached hydrogen (secondary N) is 1. The van der Waals surface area contributed by atoms with Gasteiger partial charge in [-0.25, -0.2) is 0 Å². The summed E-state index contributed by atoms with van der Waals surface area (Å²) in [6, 6.07) is 18.8. The number of rotatable bonds is 8. The average molecular weight is 419 g/mol. The van der Waals surface area contributed by atoms with Crippen LogP contribution in [-0.4, -0.2) is 26.4 Å². The number of carbonyl (C=O) groups is 1. The van der Waals surface area contributed by atoms with Crippen LogP contribution in [0, 0.1) is 12.8 Å². The molecule has 0 aliphatic heterocycles. The number of carbonyl (C=O) groups excluding carboxylic acids is 1. The van der Waals surface area contributed by atoms with Crippen molar-refractivity contribution in [1.82, 2.24) is 20.1 Å². The molecule has 0 saturated heterocycles. The van der Waals surface area contributed by atoms with Crippen LogP contribution in [0.3, 0.4) is 0 Å². The number of aromatic nitrogens is 3. The van der Waals surface area contributed by atoms with Gasteiger partial charge in [-0.3, -0.25) is 9.36 Å². The lowest BCUT2D eigenvalue weighted by Gasteiger charge is -2.19. The van der Waals surface area contributed by atoms with E-state index in [0.717, 1.165) is 29.5 Å². The summed E-state index contributed by atoms with van der Waals surface area (Å²) in [4.78, 5) is 12.8. The van der Waals surface area contributed by atoms with Crippen LogP contribution in [0.4, 0.5) is 0 Å². The Hall–Kier alpha value is -2.60. The molecule has 2 aliphatic rings. The summed E-state index contributed by atoms with van der Waals surface area (Å²) < 4.78 is 2.12. The minimum atomic E-state index is 0.0491. The fourth-order valence-corrected chi connectivity index (χ4v) is 4.59.